The molecule has 8 fully saturated rings. The van der Waals surface area contributed by atoms with Gasteiger partial charge < -0.3 is 98.8 Å². The van der Waals surface area contributed by atoms with Crippen molar-refractivity contribution in [2.75, 3.05) is 26.4 Å². The molecule has 440 valence electrons. The zero-order chi connectivity index (χ0) is 56.4. The van der Waals surface area contributed by atoms with E-state index >= 15 is 0 Å². The summed E-state index contributed by atoms with van der Waals surface area (Å²) in [6.07, 6.45) is -22.8. The standard InChI is InChI=1S/C54H84O23.Na.H/c1-22(23(2)71-24(3)57)45(68)70-21-54-26-16-49(4,5)43(42(54)65)73-32(54)17-53(9)25(26)10-11-30-50(6)14-13-31(51(7,20-56)29(50)12-15-52(30,53)8)74-48-40(76-46-36(62)33(59)27(58)19-69-46)38(64)39(41(77-48)44(66)67)75-47-37(63)35(61)34(60)28(18-55)72-47;;/h10,22-23,26-43,46-48,55-56,58-65H,11-21H2,1-9H3,(H,66,67);;/t22?,23?,26?,27-,28-,29?,30?,31?,32-,33+,34-,35+,36-,37-,38+,39+,40-,41+,42?,43-,46+,47-,48-,50?,51-,52?,53-,54?;;/m1../s1. The Kier molecular flexibility index (Phi) is 18.0. The number of hydrogen-bond donors (Lipinski definition) is 11. The van der Waals surface area contributed by atoms with Gasteiger partial charge in [0.2, 0.25) is 0 Å². The normalized spacial score (nSPS) is 51.0. The van der Waals surface area contributed by atoms with E-state index in [-0.39, 0.29) is 65.9 Å². The summed E-state index contributed by atoms with van der Waals surface area (Å²) in [4.78, 5) is 38.4. The van der Waals surface area contributed by atoms with Gasteiger partial charge in [-0.2, -0.15) is 0 Å². The fourth-order valence-electron chi connectivity index (χ4n) is 16.5. The molecule has 23 nitrogen and oxygen atoms in total. The van der Waals surface area contributed by atoms with Crippen molar-refractivity contribution in [3.8, 4) is 0 Å². The molecule has 4 saturated heterocycles. The molecular formula is C54H85NaO23. The van der Waals surface area contributed by atoms with Crippen LogP contribution in [0.4, 0.5) is 0 Å². The van der Waals surface area contributed by atoms with Gasteiger partial charge in [0, 0.05) is 12.3 Å². The Morgan fingerprint density at radius 3 is 2.06 bits per heavy atom. The van der Waals surface area contributed by atoms with E-state index in [1.165, 1.54) is 12.5 Å². The molecule has 24 heteroatoms. The number of allylic oxidation sites excluding steroid dienone is 2. The number of fused-ring (bicyclic) bond motifs is 7. The quantitative estimate of drug-likeness (QED) is 0.0420. The molecule has 10 unspecified atom stereocenters. The van der Waals surface area contributed by atoms with Crippen LogP contribution in [0.3, 0.4) is 0 Å². The molecule has 5 aliphatic carbocycles. The molecule has 28 atom stereocenters. The number of aliphatic hydroxyl groups excluding tert-OH is 10. The second kappa shape index (κ2) is 22.5. The van der Waals surface area contributed by atoms with Crippen LogP contribution in [0.5, 0.6) is 0 Å². The first-order chi connectivity index (χ1) is 36.0. The topological polar surface area (TPSA) is 357 Å². The molecule has 0 aromatic rings. The molecule has 0 aromatic heterocycles. The molecule has 2 bridgehead atoms. The third-order valence-corrected chi connectivity index (χ3v) is 21.3. The van der Waals surface area contributed by atoms with Crippen LogP contribution >= 0.6 is 0 Å². The monoisotopic (exact) mass is 1120 g/mol. The molecular weight excluding hydrogens is 1040 g/mol. The summed E-state index contributed by atoms with van der Waals surface area (Å²) in [6.45, 7) is 15.8. The van der Waals surface area contributed by atoms with E-state index in [0.29, 0.717) is 44.9 Å². The van der Waals surface area contributed by atoms with Gasteiger partial charge in [-0.25, -0.2) is 4.79 Å². The Morgan fingerprint density at radius 2 is 1.42 bits per heavy atom. The van der Waals surface area contributed by atoms with Crippen molar-refractivity contribution < 1.29 is 113 Å². The summed E-state index contributed by atoms with van der Waals surface area (Å²) in [6, 6.07) is 0. The van der Waals surface area contributed by atoms with E-state index in [1.54, 1.807) is 13.8 Å². The van der Waals surface area contributed by atoms with Gasteiger partial charge in [0.05, 0.1) is 55.6 Å². The summed E-state index contributed by atoms with van der Waals surface area (Å²) in [5.74, 6) is -3.82. The van der Waals surface area contributed by atoms with Gasteiger partial charge in [0.25, 0.3) is 0 Å². The summed E-state index contributed by atoms with van der Waals surface area (Å²) >= 11 is 0. The predicted octanol–water partition coefficient (Wildman–Crippen LogP) is -1.23. The predicted molar refractivity (Wildman–Crippen MR) is 268 cm³/mol. The first-order valence-electron chi connectivity index (χ1n) is 27.4. The third kappa shape index (κ3) is 9.81. The summed E-state index contributed by atoms with van der Waals surface area (Å²) < 4.78 is 54.3. The number of carboxylic acid groups (broad SMARTS) is 1. The van der Waals surface area contributed by atoms with Crippen LogP contribution in [0.2, 0.25) is 0 Å². The molecule has 9 aliphatic rings. The molecule has 0 spiro atoms. The molecule has 0 amide bonds. The number of rotatable bonds is 14. The van der Waals surface area contributed by atoms with Crippen LogP contribution in [-0.4, -0.2) is 247 Å². The Balaban J connectivity index is 0.00000803. The van der Waals surface area contributed by atoms with Crippen molar-refractivity contribution in [2.45, 2.75) is 224 Å². The zero-order valence-electron chi connectivity index (χ0n) is 45.5. The zero-order valence-corrected chi connectivity index (χ0v) is 45.5. The van der Waals surface area contributed by atoms with Crippen LogP contribution in [0.1, 0.15) is 107 Å². The number of hydrogen-bond acceptors (Lipinski definition) is 22. The number of aliphatic carboxylic acids is 1. The second-order valence-electron chi connectivity index (χ2n) is 25.8. The van der Waals surface area contributed by atoms with Crippen LogP contribution in [0, 0.1) is 56.2 Å². The van der Waals surface area contributed by atoms with Crippen LogP contribution in [0.15, 0.2) is 11.6 Å². The molecule has 9 rings (SSSR count). The van der Waals surface area contributed by atoms with E-state index in [2.05, 4.69) is 40.7 Å². The summed E-state index contributed by atoms with van der Waals surface area (Å²) in [7, 11) is 0. The Hall–Kier alpha value is -1.53. The second-order valence-corrected chi connectivity index (χ2v) is 25.8. The van der Waals surface area contributed by atoms with Crippen LogP contribution < -0.4 is 0 Å². The van der Waals surface area contributed by atoms with E-state index in [4.69, 9.17) is 42.6 Å². The molecule has 0 radical (unpaired) electrons. The first kappa shape index (κ1) is 62.5. The molecule has 4 aliphatic heterocycles. The Morgan fingerprint density at radius 1 is 0.756 bits per heavy atom. The van der Waals surface area contributed by atoms with E-state index in [1.807, 2.05) is 6.92 Å². The molecule has 78 heavy (non-hydrogen) atoms. The number of aliphatic hydroxyl groups is 10. The number of ether oxygens (including phenoxy) is 9. The first-order valence-corrected chi connectivity index (χ1v) is 27.4. The average Bonchev–Trinajstić information content (AvgIpc) is 3.60. The third-order valence-electron chi connectivity index (χ3n) is 21.3. The van der Waals surface area contributed by atoms with Gasteiger partial charge in [-0.1, -0.05) is 53.2 Å². The van der Waals surface area contributed by atoms with E-state index in [0.717, 1.165) is 0 Å². The Labute approximate surface area is 476 Å². The van der Waals surface area contributed by atoms with Gasteiger partial charge in [-0.15, -0.1) is 0 Å². The van der Waals surface area contributed by atoms with Gasteiger partial charge in [-0.3, -0.25) is 9.59 Å². The van der Waals surface area contributed by atoms with Crippen LogP contribution in [-0.2, 0) is 57.0 Å². The molecule has 4 saturated carbocycles. The van der Waals surface area contributed by atoms with Gasteiger partial charge >= 0.3 is 47.5 Å². The number of carbonyl (C=O) groups excluding carboxylic acids is 2. The van der Waals surface area contributed by atoms with Crippen molar-refractivity contribution in [3.63, 3.8) is 0 Å². The fourth-order valence-corrected chi connectivity index (χ4v) is 16.5. The summed E-state index contributed by atoms with van der Waals surface area (Å²) in [5, 5.41) is 120. The van der Waals surface area contributed by atoms with Gasteiger partial charge in [0.15, 0.2) is 25.0 Å². The minimum atomic E-state index is -2.09. The molecule has 4 heterocycles. The van der Waals surface area contributed by atoms with Crippen molar-refractivity contribution in [1.82, 2.24) is 0 Å². The minimum absolute atomic E-state index is 0. The van der Waals surface area contributed by atoms with Crippen LogP contribution in [0.25, 0.3) is 0 Å². The van der Waals surface area contributed by atoms with Crippen molar-refractivity contribution in [3.05, 3.63) is 11.6 Å². The number of carbonyl (C=O) groups is 3. The Bertz CT molecular complexity index is 2240. The van der Waals surface area contributed by atoms with Crippen molar-refractivity contribution >= 4 is 47.5 Å². The molecule has 0 aromatic carbocycles. The van der Waals surface area contributed by atoms with Crippen molar-refractivity contribution in [1.29, 1.82) is 0 Å². The maximum atomic E-state index is 13.6. The number of carboxylic acids is 1. The van der Waals surface area contributed by atoms with E-state index < -0.39 is 181 Å². The van der Waals surface area contributed by atoms with E-state index in [9.17, 15) is 70.6 Å². The summed E-state index contributed by atoms with van der Waals surface area (Å²) in [5.41, 5.74) is -2.40. The molecule has 11 N–H and O–H groups in total. The SMILES string of the molecule is CC(=O)OC(C)C(C)C(=O)OCC12C3CC(C)(C)[C@H](O[C@@H]1C[C@]1(C)C3=CCC3C4(C)CCC(O[C@@H]5O[C@H](C(=O)O)[C@@H](O[C@H]6O[C@H](CO)[C@@H](O)[C@H](O)[C@H]6O)[C@H](O)[C@H]5O[C@@H]5OC[C@@H](O)[C@H](O)[C@H]5O)[C@](C)(CO)C4CCC31C)C2O.[NaH]. The van der Waals surface area contributed by atoms with Gasteiger partial charge in [-0.05, 0) is 98.2 Å². The maximum absolute atomic E-state index is 13.6. The fraction of sp³-hybridized carbons (Fsp3) is 0.907. The van der Waals surface area contributed by atoms with Crippen molar-refractivity contribution in [2.24, 2.45) is 56.2 Å². The average molecular weight is 1130 g/mol. The number of esters is 2. The van der Waals surface area contributed by atoms with Gasteiger partial charge in [0.1, 0.15) is 73.8 Å².